The van der Waals surface area contributed by atoms with Crippen LogP contribution < -0.4 is 5.43 Å². The maximum Gasteiger partial charge on any atom is 0.244 e. The highest BCUT2D eigenvalue weighted by atomic mass is 32.2. The minimum atomic E-state index is -3.03. The summed E-state index contributed by atoms with van der Waals surface area (Å²) in [6.45, 7) is 6.40. The van der Waals surface area contributed by atoms with Gasteiger partial charge in [-0.2, -0.15) is 5.10 Å². The molecule has 1 atom stereocenters. The highest BCUT2D eigenvalue weighted by Gasteiger charge is 2.33. The van der Waals surface area contributed by atoms with E-state index in [1.807, 2.05) is 6.08 Å². The predicted molar refractivity (Wildman–Crippen MR) is 79.1 cm³/mol. The number of hydrogen-bond donors (Lipinski definition) is 1. The molecule has 20 heavy (non-hydrogen) atoms. The standard InChI is InChI=1S/C14H22N2O3S/c1-10-6-12(8-14(2,3)7-10)15-16-13(17)11-4-5-20(18,19)9-11/h6,11H,4-5,7-9H2,1-3H3,(H,16,17)/t11-/m0/s1. The molecule has 0 radical (unpaired) electrons. The Kier molecular flexibility index (Phi) is 4.04. The minimum Gasteiger partial charge on any atom is -0.273 e. The van der Waals surface area contributed by atoms with Gasteiger partial charge in [0.25, 0.3) is 0 Å². The second-order valence-corrected chi connectivity index (χ2v) is 8.92. The van der Waals surface area contributed by atoms with Crippen LogP contribution in [0.3, 0.4) is 0 Å². The average molecular weight is 298 g/mol. The molecule has 2 rings (SSSR count). The maximum absolute atomic E-state index is 11.9. The van der Waals surface area contributed by atoms with Crippen molar-refractivity contribution in [3.8, 4) is 0 Å². The van der Waals surface area contributed by atoms with Crippen molar-refractivity contribution in [3.05, 3.63) is 11.6 Å². The fourth-order valence-electron chi connectivity index (χ4n) is 2.99. The summed E-state index contributed by atoms with van der Waals surface area (Å²) in [5.41, 5.74) is 4.78. The van der Waals surface area contributed by atoms with Crippen LogP contribution in [-0.4, -0.2) is 31.5 Å². The molecule has 1 N–H and O–H groups in total. The van der Waals surface area contributed by atoms with Crippen molar-refractivity contribution in [1.82, 2.24) is 5.43 Å². The zero-order chi connectivity index (χ0) is 15.0. The third-order valence-corrected chi connectivity index (χ3v) is 5.51. The molecule has 0 unspecified atom stereocenters. The quantitative estimate of drug-likeness (QED) is 0.788. The molecule has 1 heterocycles. The Hall–Kier alpha value is -1.17. The van der Waals surface area contributed by atoms with Gasteiger partial charge in [-0.05, 0) is 37.7 Å². The van der Waals surface area contributed by atoms with Crippen molar-refractivity contribution in [3.63, 3.8) is 0 Å². The largest absolute Gasteiger partial charge is 0.273 e. The Balaban J connectivity index is 1.99. The molecule has 1 aliphatic carbocycles. The van der Waals surface area contributed by atoms with Gasteiger partial charge in [-0.3, -0.25) is 4.79 Å². The van der Waals surface area contributed by atoms with E-state index in [9.17, 15) is 13.2 Å². The lowest BCUT2D eigenvalue weighted by Gasteiger charge is -2.29. The Bertz CT molecular complexity index is 573. The fourth-order valence-corrected chi connectivity index (χ4v) is 4.73. The van der Waals surface area contributed by atoms with Gasteiger partial charge in [0.05, 0.1) is 23.1 Å². The van der Waals surface area contributed by atoms with Gasteiger partial charge < -0.3 is 0 Å². The summed E-state index contributed by atoms with van der Waals surface area (Å²) in [6.07, 6.45) is 4.24. The first kappa shape index (κ1) is 15.2. The molecular formula is C14H22N2O3S. The molecule has 1 saturated heterocycles. The van der Waals surface area contributed by atoms with Crippen molar-refractivity contribution in [2.24, 2.45) is 16.4 Å². The normalized spacial score (nSPS) is 30.1. The highest BCUT2D eigenvalue weighted by molar-refractivity contribution is 7.91. The van der Waals surface area contributed by atoms with Crippen LogP contribution in [0, 0.1) is 11.3 Å². The van der Waals surface area contributed by atoms with Crippen molar-refractivity contribution in [2.75, 3.05) is 11.5 Å². The smallest absolute Gasteiger partial charge is 0.244 e. The first-order valence-electron chi connectivity index (χ1n) is 6.91. The summed E-state index contributed by atoms with van der Waals surface area (Å²) in [5, 5.41) is 4.17. The number of carbonyl (C=O) groups is 1. The summed E-state index contributed by atoms with van der Waals surface area (Å²) in [4.78, 5) is 11.9. The molecule has 0 aromatic heterocycles. The molecule has 5 nitrogen and oxygen atoms in total. The Morgan fingerprint density at radius 3 is 2.65 bits per heavy atom. The van der Waals surface area contributed by atoms with Crippen molar-refractivity contribution in [2.45, 2.75) is 40.0 Å². The van der Waals surface area contributed by atoms with E-state index < -0.39 is 15.8 Å². The lowest BCUT2D eigenvalue weighted by Crippen LogP contribution is -2.30. The van der Waals surface area contributed by atoms with Crippen LogP contribution in [0.15, 0.2) is 16.8 Å². The van der Waals surface area contributed by atoms with Crippen LogP contribution in [0.1, 0.15) is 40.0 Å². The number of carbonyl (C=O) groups excluding carboxylic acids is 1. The van der Waals surface area contributed by atoms with Crippen molar-refractivity contribution >= 4 is 21.5 Å². The summed E-state index contributed by atoms with van der Waals surface area (Å²) >= 11 is 0. The van der Waals surface area contributed by atoms with Gasteiger partial charge in [0.2, 0.25) is 5.91 Å². The molecule has 1 amide bonds. The molecule has 0 bridgehead atoms. The molecule has 1 fully saturated rings. The van der Waals surface area contributed by atoms with E-state index in [0.717, 1.165) is 18.6 Å². The van der Waals surface area contributed by atoms with Crippen LogP contribution in [0.4, 0.5) is 0 Å². The van der Waals surface area contributed by atoms with E-state index in [1.54, 1.807) is 0 Å². The molecule has 112 valence electrons. The molecule has 1 aliphatic heterocycles. The molecule has 2 aliphatic rings. The van der Waals surface area contributed by atoms with Gasteiger partial charge in [-0.1, -0.05) is 19.4 Å². The third kappa shape index (κ3) is 3.91. The van der Waals surface area contributed by atoms with E-state index in [1.165, 1.54) is 5.57 Å². The van der Waals surface area contributed by atoms with Gasteiger partial charge in [0.15, 0.2) is 9.84 Å². The summed E-state index contributed by atoms with van der Waals surface area (Å²) in [6, 6.07) is 0. The van der Waals surface area contributed by atoms with Crippen molar-refractivity contribution in [1.29, 1.82) is 0 Å². The summed E-state index contributed by atoms with van der Waals surface area (Å²) in [5.74, 6) is -0.684. The Labute approximate surface area is 120 Å². The number of hydrogen-bond acceptors (Lipinski definition) is 4. The zero-order valence-corrected chi connectivity index (χ0v) is 13.1. The molecule has 0 aromatic carbocycles. The van der Waals surface area contributed by atoms with Gasteiger partial charge >= 0.3 is 0 Å². The van der Waals surface area contributed by atoms with Crippen molar-refractivity contribution < 1.29 is 13.2 Å². The minimum absolute atomic E-state index is 0.0515. The Morgan fingerprint density at radius 1 is 1.40 bits per heavy atom. The summed E-state index contributed by atoms with van der Waals surface area (Å²) < 4.78 is 22.7. The summed E-state index contributed by atoms with van der Waals surface area (Å²) in [7, 11) is -3.03. The number of sulfone groups is 1. The first-order chi connectivity index (χ1) is 9.17. The van der Waals surface area contributed by atoms with E-state index >= 15 is 0 Å². The number of allylic oxidation sites excluding steroid dienone is 2. The third-order valence-electron chi connectivity index (χ3n) is 3.74. The molecule has 0 spiro atoms. The second-order valence-electron chi connectivity index (χ2n) is 6.69. The van der Waals surface area contributed by atoms with E-state index in [4.69, 9.17) is 0 Å². The SMILES string of the molecule is CC1=CC(=NNC(=O)[C@H]2CCS(=O)(=O)C2)CC(C)(C)C1. The van der Waals surface area contributed by atoms with Crippen LogP contribution in [0.25, 0.3) is 0 Å². The molecule has 0 saturated carbocycles. The average Bonchev–Trinajstić information content (AvgIpc) is 2.64. The van der Waals surface area contributed by atoms with E-state index in [0.29, 0.717) is 6.42 Å². The zero-order valence-electron chi connectivity index (χ0n) is 12.3. The lowest BCUT2D eigenvalue weighted by molar-refractivity contribution is -0.124. The number of amides is 1. The van der Waals surface area contributed by atoms with E-state index in [-0.39, 0.29) is 22.8 Å². The molecule has 0 aromatic rings. The number of nitrogens with one attached hydrogen (secondary N) is 1. The maximum atomic E-state index is 11.9. The Morgan fingerprint density at radius 2 is 2.10 bits per heavy atom. The van der Waals surface area contributed by atoms with Crippen LogP contribution in [0.2, 0.25) is 0 Å². The topological polar surface area (TPSA) is 75.6 Å². The number of rotatable bonds is 2. The van der Waals surface area contributed by atoms with Crippen LogP contribution >= 0.6 is 0 Å². The van der Waals surface area contributed by atoms with Gasteiger partial charge in [0, 0.05) is 0 Å². The first-order valence-corrected chi connectivity index (χ1v) is 8.73. The lowest BCUT2D eigenvalue weighted by atomic mass is 9.77. The second kappa shape index (κ2) is 5.31. The fraction of sp³-hybridized carbons (Fsp3) is 0.714. The van der Waals surface area contributed by atoms with Crippen LogP contribution in [-0.2, 0) is 14.6 Å². The van der Waals surface area contributed by atoms with E-state index in [2.05, 4.69) is 31.3 Å². The van der Waals surface area contributed by atoms with Gasteiger partial charge in [0.1, 0.15) is 0 Å². The van der Waals surface area contributed by atoms with Gasteiger partial charge in [-0.15, -0.1) is 0 Å². The van der Waals surface area contributed by atoms with Crippen LogP contribution in [0.5, 0.6) is 0 Å². The number of hydrazone groups is 1. The van der Waals surface area contributed by atoms with Gasteiger partial charge in [-0.25, -0.2) is 13.8 Å². The predicted octanol–water partition coefficient (Wildman–Crippen LogP) is 1.66. The molecular weight excluding hydrogens is 276 g/mol. The monoisotopic (exact) mass is 298 g/mol. The molecule has 6 heteroatoms. The number of nitrogens with zero attached hydrogens (tertiary/aromatic N) is 1. The highest BCUT2D eigenvalue weighted by Crippen LogP contribution is 2.33.